The first-order chi connectivity index (χ1) is 6.60. The fourth-order valence-electron chi connectivity index (χ4n) is 1.51. The molecule has 2 heteroatoms. The smallest absolute Gasteiger partial charge is 0.160 e. The van der Waals surface area contributed by atoms with Gasteiger partial charge in [0.1, 0.15) is 0 Å². The number of nitrogens with zero attached hydrogens (tertiary/aromatic N) is 1. The maximum Gasteiger partial charge on any atom is 0.160 e. The SMILES string of the molecule is CCc1cc(C)c(C#N)cc1C(C)=O. The molecule has 0 aliphatic carbocycles. The molecule has 0 unspecified atom stereocenters. The van der Waals surface area contributed by atoms with Crippen LogP contribution in [0.5, 0.6) is 0 Å². The quantitative estimate of drug-likeness (QED) is 0.668. The highest BCUT2D eigenvalue weighted by Crippen LogP contribution is 2.17. The summed E-state index contributed by atoms with van der Waals surface area (Å²) in [5.41, 5.74) is 3.23. The van der Waals surface area contributed by atoms with E-state index >= 15 is 0 Å². The molecule has 72 valence electrons. The van der Waals surface area contributed by atoms with E-state index in [0.29, 0.717) is 11.1 Å². The zero-order chi connectivity index (χ0) is 10.7. The maximum atomic E-state index is 11.3. The molecule has 2 nitrogen and oxygen atoms in total. The Morgan fingerprint density at radius 1 is 1.50 bits per heavy atom. The standard InChI is InChI=1S/C12H13NO/c1-4-10-5-8(2)11(7-13)6-12(10)9(3)14/h5-6H,4H2,1-3H3. The van der Waals surface area contributed by atoms with Crippen LogP contribution >= 0.6 is 0 Å². The largest absolute Gasteiger partial charge is 0.295 e. The maximum absolute atomic E-state index is 11.3. The van der Waals surface area contributed by atoms with Crippen LogP contribution in [0, 0.1) is 18.3 Å². The number of hydrogen-bond acceptors (Lipinski definition) is 2. The van der Waals surface area contributed by atoms with Gasteiger partial charge in [0.2, 0.25) is 0 Å². The second kappa shape index (κ2) is 4.06. The lowest BCUT2D eigenvalue weighted by Gasteiger charge is -2.07. The van der Waals surface area contributed by atoms with Gasteiger partial charge in [-0.2, -0.15) is 5.26 Å². The number of benzene rings is 1. The monoisotopic (exact) mass is 187 g/mol. The van der Waals surface area contributed by atoms with Crippen molar-refractivity contribution in [3.05, 3.63) is 34.4 Å². The van der Waals surface area contributed by atoms with Crippen LogP contribution in [-0.4, -0.2) is 5.78 Å². The molecule has 0 N–H and O–H groups in total. The van der Waals surface area contributed by atoms with E-state index in [1.807, 2.05) is 19.9 Å². The zero-order valence-electron chi connectivity index (χ0n) is 8.72. The normalized spacial score (nSPS) is 9.57. The fraction of sp³-hybridized carbons (Fsp3) is 0.333. The zero-order valence-corrected chi connectivity index (χ0v) is 8.72. The van der Waals surface area contributed by atoms with E-state index in [1.165, 1.54) is 6.92 Å². The van der Waals surface area contributed by atoms with E-state index in [9.17, 15) is 4.79 Å². The molecule has 0 radical (unpaired) electrons. The Morgan fingerprint density at radius 2 is 2.14 bits per heavy atom. The van der Waals surface area contributed by atoms with Crippen molar-refractivity contribution in [2.45, 2.75) is 27.2 Å². The Bertz CT molecular complexity index is 413. The Labute approximate surface area is 84.2 Å². The Hall–Kier alpha value is -1.62. The summed E-state index contributed by atoms with van der Waals surface area (Å²) in [5, 5.41) is 8.83. The van der Waals surface area contributed by atoms with Crippen molar-refractivity contribution in [2.75, 3.05) is 0 Å². The van der Waals surface area contributed by atoms with Crippen molar-refractivity contribution in [3.63, 3.8) is 0 Å². The second-order valence-electron chi connectivity index (χ2n) is 3.35. The highest BCUT2D eigenvalue weighted by atomic mass is 16.1. The van der Waals surface area contributed by atoms with E-state index < -0.39 is 0 Å². The summed E-state index contributed by atoms with van der Waals surface area (Å²) in [7, 11) is 0. The molecule has 0 amide bonds. The van der Waals surface area contributed by atoms with Crippen LogP contribution in [0.15, 0.2) is 12.1 Å². The van der Waals surface area contributed by atoms with Gasteiger partial charge in [-0.3, -0.25) is 4.79 Å². The molecule has 1 aromatic rings. The molecule has 0 saturated heterocycles. The minimum atomic E-state index is 0.0263. The van der Waals surface area contributed by atoms with Gasteiger partial charge in [-0.25, -0.2) is 0 Å². The number of carbonyl (C=O) groups is 1. The molecule has 0 fully saturated rings. The van der Waals surface area contributed by atoms with Crippen molar-refractivity contribution in [1.82, 2.24) is 0 Å². The molecule has 0 heterocycles. The number of nitriles is 1. The molecule has 1 aromatic carbocycles. The van der Waals surface area contributed by atoms with Gasteiger partial charge < -0.3 is 0 Å². The molecule has 1 rings (SSSR count). The second-order valence-corrected chi connectivity index (χ2v) is 3.35. The molecular weight excluding hydrogens is 174 g/mol. The number of carbonyl (C=O) groups excluding carboxylic acids is 1. The van der Waals surface area contributed by atoms with Crippen LogP contribution in [0.1, 0.15) is 40.9 Å². The van der Waals surface area contributed by atoms with Gasteiger partial charge in [-0.05, 0) is 37.5 Å². The van der Waals surface area contributed by atoms with Crippen molar-refractivity contribution < 1.29 is 4.79 Å². The van der Waals surface area contributed by atoms with Crippen molar-refractivity contribution in [1.29, 1.82) is 5.26 Å². The fourth-order valence-corrected chi connectivity index (χ4v) is 1.51. The van der Waals surface area contributed by atoms with Crippen LogP contribution in [0.4, 0.5) is 0 Å². The summed E-state index contributed by atoms with van der Waals surface area (Å²) in [6, 6.07) is 5.71. The lowest BCUT2D eigenvalue weighted by atomic mass is 9.96. The van der Waals surface area contributed by atoms with Crippen molar-refractivity contribution >= 4 is 5.78 Å². The van der Waals surface area contributed by atoms with Gasteiger partial charge in [0.15, 0.2) is 5.78 Å². The lowest BCUT2D eigenvalue weighted by Crippen LogP contribution is -2.01. The third-order valence-corrected chi connectivity index (χ3v) is 2.33. The molecule has 0 spiro atoms. The first-order valence-electron chi connectivity index (χ1n) is 4.64. The van der Waals surface area contributed by atoms with E-state index in [4.69, 9.17) is 5.26 Å². The summed E-state index contributed by atoms with van der Waals surface area (Å²) in [6.07, 6.45) is 0.821. The third-order valence-electron chi connectivity index (χ3n) is 2.33. The molecule has 0 aliphatic rings. The van der Waals surface area contributed by atoms with Gasteiger partial charge in [0.25, 0.3) is 0 Å². The lowest BCUT2D eigenvalue weighted by molar-refractivity contribution is 0.101. The van der Waals surface area contributed by atoms with E-state index in [2.05, 4.69) is 6.07 Å². The van der Waals surface area contributed by atoms with Crippen LogP contribution in [0.2, 0.25) is 0 Å². The van der Waals surface area contributed by atoms with E-state index in [0.717, 1.165) is 17.5 Å². The van der Waals surface area contributed by atoms with Gasteiger partial charge in [0, 0.05) is 5.56 Å². The molecule has 0 aromatic heterocycles. The molecular formula is C12H13NO. The van der Waals surface area contributed by atoms with E-state index in [1.54, 1.807) is 6.07 Å². The molecule has 0 aliphatic heterocycles. The number of aryl methyl sites for hydroxylation is 2. The molecule has 0 atom stereocenters. The Balaban J connectivity index is 3.42. The van der Waals surface area contributed by atoms with Crippen LogP contribution in [0.3, 0.4) is 0 Å². The minimum Gasteiger partial charge on any atom is -0.295 e. The topological polar surface area (TPSA) is 40.9 Å². The Morgan fingerprint density at radius 3 is 2.57 bits per heavy atom. The van der Waals surface area contributed by atoms with E-state index in [-0.39, 0.29) is 5.78 Å². The molecule has 0 saturated carbocycles. The summed E-state index contributed by atoms with van der Waals surface area (Å²) in [6.45, 7) is 5.43. The predicted molar refractivity (Wildman–Crippen MR) is 55.3 cm³/mol. The van der Waals surface area contributed by atoms with Gasteiger partial charge >= 0.3 is 0 Å². The highest BCUT2D eigenvalue weighted by molar-refractivity contribution is 5.96. The first kappa shape index (κ1) is 10.5. The summed E-state index contributed by atoms with van der Waals surface area (Å²) >= 11 is 0. The number of Topliss-reactive ketones (excluding diaryl/α,β-unsaturated/α-hetero) is 1. The molecule has 0 bridgehead atoms. The van der Waals surface area contributed by atoms with Crippen molar-refractivity contribution in [2.24, 2.45) is 0 Å². The highest BCUT2D eigenvalue weighted by Gasteiger charge is 2.09. The Kier molecular flexibility index (Phi) is 3.03. The van der Waals surface area contributed by atoms with Crippen LogP contribution in [-0.2, 0) is 6.42 Å². The van der Waals surface area contributed by atoms with Crippen LogP contribution < -0.4 is 0 Å². The van der Waals surface area contributed by atoms with Gasteiger partial charge in [-0.1, -0.05) is 13.0 Å². The van der Waals surface area contributed by atoms with Crippen LogP contribution in [0.25, 0.3) is 0 Å². The third kappa shape index (κ3) is 1.82. The summed E-state index contributed by atoms with van der Waals surface area (Å²) in [4.78, 5) is 11.3. The average Bonchev–Trinajstić information content (AvgIpc) is 2.16. The average molecular weight is 187 g/mol. The van der Waals surface area contributed by atoms with Crippen molar-refractivity contribution in [3.8, 4) is 6.07 Å². The predicted octanol–water partition coefficient (Wildman–Crippen LogP) is 2.63. The number of ketones is 1. The summed E-state index contributed by atoms with van der Waals surface area (Å²) < 4.78 is 0. The number of hydrogen-bond donors (Lipinski definition) is 0. The van der Waals surface area contributed by atoms with Gasteiger partial charge in [0.05, 0.1) is 11.6 Å². The molecule has 14 heavy (non-hydrogen) atoms. The summed E-state index contributed by atoms with van der Waals surface area (Å²) in [5.74, 6) is 0.0263. The first-order valence-corrected chi connectivity index (χ1v) is 4.64. The van der Waals surface area contributed by atoms with Gasteiger partial charge in [-0.15, -0.1) is 0 Å². The number of rotatable bonds is 2. The minimum absolute atomic E-state index is 0.0263.